The van der Waals surface area contributed by atoms with Gasteiger partial charge in [0.2, 0.25) is 0 Å². The van der Waals surface area contributed by atoms with Crippen LogP contribution in [0.2, 0.25) is 5.02 Å². The predicted octanol–water partition coefficient (Wildman–Crippen LogP) is 2.38. The van der Waals surface area contributed by atoms with Crippen LogP contribution in [0.4, 0.5) is 0 Å². The van der Waals surface area contributed by atoms with Crippen LogP contribution in [0.25, 0.3) is 0 Å². The van der Waals surface area contributed by atoms with E-state index in [-0.39, 0.29) is 6.10 Å². The third-order valence-electron chi connectivity index (χ3n) is 3.36. The summed E-state index contributed by atoms with van der Waals surface area (Å²) in [5.74, 6) is 0.597. The summed E-state index contributed by atoms with van der Waals surface area (Å²) in [4.78, 5) is 3.96. The largest absolute Gasteiger partial charge is 0.393 e. The van der Waals surface area contributed by atoms with Crippen molar-refractivity contribution < 1.29 is 5.11 Å². The molecule has 2 atom stereocenters. The van der Waals surface area contributed by atoms with E-state index < -0.39 is 0 Å². The Balaban J connectivity index is 1.74. The molecular weight excluding hydrogens is 236 g/mol. The van der Waals surface area contributed by atoms with Crippen molar-refractivity contribution in [3.63, 3.8) is 0 Å². The van der Waals surface area contributed by atoms with Gasteiger partial charge in [0.1, 0.15) is 0 Å². The molecule has 0 amide bonds. The van der Waals surface area contributed by atoms with Gasteiger partial charge in [-0.1, -0.05) is 18.0 Å². The third-order valence-corrected chi connectivity index (χ3v) is 3.70. The first-order chi connectivity index (χ1) is 8.25. The van der Waals surface area contributed by atoms with Gasteiger partial charge in [0.05, 0.1) is 11.1 Å². The fourth-order valence-corrected chi connectivity index (χ4v) is 2.59. The molecule has 3 nitrogen and oxygen atoms in total. The van der Waals surface area contributed by atoms with Gasteiger partial charge in [0.25, 0.3) is 0 Å². The Kier molecular flexibility index (Phi) is 4.77. The van der Waals surface area contributed by atoms with Gasteiger partial charge in [-0.2, -0.15) is 0 Å². The Morgan fingerprint density at radius 3 is 3.12 bits per heavy atom. The van der Waals surface area contributed by atoms with Crippen molar-refractivity contribution in [3.05, 3.63) is 29.0 Å². The molecule has 2 unspecified atom stereocenters. The molecule has 0 aliphatic heterocycles. The van der Waals surface area contributed by atoms with Crippen molar-refractivity contribution in [1.82, 2.24) is 10.3 Å². The number of aliphatic hydroxyl groups is 1. The number of nitrogens with one attached hydrogen (secondary N) is 1. The quantitative estimate of drug-likeness (QED) is 0.867. The van der Waals surface area contributed by atoms with Gasteiger partial charge in [-0.05, 0) is 43.4 Å². The van der Waals surface area contributed by atoms with Crippen LogP contribution in [0.3, 0.4) is 0 Å². The second kappa shape index (κ2) is 6.34. The molecule has 1 fully saturated rings. The van der Waals surface area contributed by atoms with Gasteiger partial charge in [-0.15, -0.1) is 0 Å². The molecule has 1 aromatic heterocycles. The van der Waals surface area contributed by atoms with Crippen LogP contribution in [0, 0.1) is 5.92 Å². The zero-order valence-electron chi connectivity index (χ0n) is 9.90. The Bertz CT molecular complexity index is 359. The number of hydrogen-bond acceptors (Lipinski definition) is 3. The van der Waals surface area contributed by atoms with E-state index in [0.29, 0.717) is 10.9 Å². The van der Waals surface area contributed by atoms with E-state index in [0.717, 1.165) is 37.9 Å². The van der Waals surface area contributed by atoms with Gasteiger partial charge in [-0.25, -0.2) is 0 Å². The normalized spacial score (nSPS) is 24.8. The topological polar surface area (TPSA) is 45.1 Å². The van der Waals surface area contributed by atoms with Crippen LogP contribution in [0.15, 0.2) is 18.5 Å². The number of aromatic nitrogens is 1. The summed E-state index contributed by atoms with van der Waals surface area (Å²) >= 11 is 6.03. The summed E-state index contributed by atoms with van der Waals surface area (Å²) < 4.78 is 0. The van der Waals surface area contributed by atoms with Gasteiger partial charge < -0.3 is 10.4 Å². The first-order valence-corrected chi connectivity index (χ1v) is 6.60. The maximum Gasteiger partial charge on any atom is 0.0634 e. The molecule has 17 heavy (non-hydrogen) atoms. The lowest BCUT2D eigenvalue weighted by Gasteiger charge is -2.26. The Hall–Kier alpha value is -0.640. The highest BCUT2D eigenvalue weighted by molar-refractivity contribution is 6.31. The van der Waals surface area contributed by atoms with E-state index in [4.69, 9.17) is 11.6 Å². The summed E-state index contributed by atoms with van der Waals surface area (Å²) in [6.07, 6.45) is 7.58. The standard InChI is InChI=1S/C13H19ClN2O/c14-13-9-15-5-4-11(13)8-16-7-10-2-1-3-12(17)6-10/h4-5,9-10,12,16-17H,1-3,6-8H2. The van der Waals surface area contributed by atoms with Crippen LogP contribution >= 0.6 is 11.6 Å². The molecule has 2 N–H and O–H groups in total. The molecule has 0 radical (unpaired) electrons. The minimum atomic E-state index is -0.0972. The lowest BCUT2D eigenvalue weighted by atomic mass is 9.87. The highest BCUT2D eigenvalue weighted by Crippen LogP contribution is 2.23. The van der Waals surface area contributed by atoms with Crippen LogP contribution in [-0.4, -0.2) is 22.7 Å². The van der Waals surface area contributed by atoms with Crippen LogP contribution in [0.5, 0.6) is 0 Å². The molecule has 1 aliphatic rings. The first-order valence-electron chi connectivity index (χ1n) is 6.23. The molecule has 1 saturated carbocycles. The van der Waals surface area contributed by atoms with E-state index in [1.807, 2.05) is 6.07 Å². The Morgan fingerprint density at radius 2 is 2.35 bits per heavy atom. The van der Waals surface area contributed by atoms with Crippen molar-refractivity contribution in [2.24, 2.45) is 5.92 Å². The Labute approximate surface area is 107 Å². The first kappa shape index (κ1) is 12.8. The number of hydrogen-bond donors (Lipinski definition) is 2. The van der Waals surface area contributed by atoms with Crippen LogP contribution < -0.4 is 5.32 Å². The fourth-order valence-electron chi connectivity index (χ4n) is 2.41. The summed E-state index contributed by atoms with van der Waals surface area (Å²) in [6.45, 7) is 1.73. The van der Waals surface area contributed by atoms with Gasteiger partial charge in [0.15, 0.2) is 0 Å². The smallest absolute Gasteiger partial charge is 0.0634 e. The second-order valence-electron chi connectivity index (χ2n) is 4.78. The molecular formula is C13H19ClN2O. The van der Waals surface area contributed by atoms with Crippen molar-refractivity contribution in [2.45, 2.75) is 38.3 Å². The number of pyridine rings is 1. The van der Waals surface area contributed by atoms with Crippen LogP contribution in [-0.2, 0) is 6.54 Å². The summed E-state index contributed by atoms with van der Waals surface area (Å²) in [6, 6.07) is 1.94. The van der Waals surface area contributed by atoms with E-state index in [9.17, 15) is 5.11 Å². The molecule has 0 aromatic carbocycles. The maximum atomic E-state index is 9.58. The summed E-state index contributed by atoms with van der Waals surface area (Å²) in [5, 5.41) is 13.7. The number of nitrogens with zero attached hydrogens (tertiary/aromatic N) is 1. The maximum absolute atomic E-state index is 9.58. The Morgan fingerprint density at radius 1 is 1.47 bits per heavy atom. The second-order valence-corrected chi connectivity index (χ2v) is 5.19. The number of aliphatic hydroxyl groups excluding tert-OH is 1. The predicted molar refractivity (Wildman–Crippen MR) is 68.9 cm³/mol. The zero-order chi connectivity index (χ0) is 12.1. The van der Waals surface area contributed by atoms with E-state index in [1.54, 1.807) is 12.4 Å². The minimum Gasteiger partial charge on any atom is -0.393 e. The van der Waals surface area contributed by atoms with Crippen molar-refractivity contribution in [1.29, 1.82) is 0 Å². The molecule has 1 aromatic rings. The molecule has 1 aliphatic carbocycles. The lowest BCUT2D eigenvalue weighted by molar-refractivity contribution is 0.101. The fraction of sp³-hybridized carbons (Fsp3) is 0.615. The highest BCUT2D eigenvalue weighted by atomic mass is 35.5. The van der Waals surface area contributed by atoms with E-state index >= 15 is 0 Å². The average Bonchev–Trinajstić information content (AvgIpc) is 2.32. The van der Waals surface area contributed by atoms with Gasteiger partial charge >= 0.3 is 0 Å². The molecule has 0 spiro atoms. The van der Waals surface area contributed by atoms with Gasteiger partial charge in [0, 0.05) is 18.9 Å². The van der Waals surface area contributed by atoms with Crippen molar-refractivity contribution in [3.8, 4) is 0 Å². The summed E-state index contributed by atoms with van der Waals surface area (Å²) in [7, 11) is 0. The highest BCUT2D eigenvalue weighted by Gasteiger charge is 2.19. The number of rotatable bonds is 4. The SMILES string of the molecule is OC1CCCC(CNCc2ccncc2Cl)C1. The molecule has 2 rings (SSSR count). The number of halogens is 1. The molecule has 4 heteroatoms. The third kappa shape index (κ3) is 3.95. The van der Waals surface area contributed by atoms with Crippen molar-refractivity contribution in [2.75, 3.05) is 6.54 Å². The summed E-state index contributed by atoms with van der Waals surface area (Å²) in [5.41, 5.74) is 1.08. The monoisotopic (exact) mass is 254 g/mol. The molecule has 0 saturated heterocycles. The van der Waals surface area contributed by atoms with Crippen molar-refractivity contribution >= 4 is 11.6 Å². The van der Waals surface area contributed by atoms with E-state index in [1.165, 1.54) is 6.42 Å². The van der Waals surface area contributed by atoms with Gasteiger partial charge in [-0.3, -0.25) is 4.98 Å². The zero-order valence-corrected chi connectivity index (χ0v) is 10.7. The lowest BCUT2D eigenvalue weighted by Crippen LogP contribution is -2.28. The molecule has 0 bridgehead atoms. The molecule has 94 valence electrons. The van der Waals surface area contributed by atoms with E-state index in [2.05, 4.69) is 10.3 Å². The average molecular weight is 255 g/mol. The minimum absolute atomic E-state index is 0.0972. The van der Waals surface area contributed by atoms with Crippen LogP contribution in [0.1, 0.15) is 31.2 Å². The molecule has 1 heterocycles.